The van der Waals surface area contributed by atoms with Crippen LogP contribution in [-0.2, 0) is 6.54 Å². The lowest BCUT2D eigenvalue weighted by molar-refractivity contribution is 0.220. The fourth-order valence-corrected chi connectivity index (χ4v) is 2.97. The number of hydrogen-bond donors (Lipinski definition) is 0. The normalized spacial score (nSPS) is 18.6. The van der Waals surface area contributed by atoms with Crippen molar-refractivity contribution >= 4 is 11.3 Å². The number of hydrogen-bond acceptors (Lipinski definition) is 3. The van der Waals surface area contributed by atoms with Gasteiger partial charge in [-0.15, -0.1) is 11.3 Å². The summed E-state index contributed by atoms with van der Waals surface area (Å²) in [5.41, 5.74) is 1.26. The van der Waals surface area contributed by atoms with Gasteiger partial charge in [0.15, 0.2) is 0 Å². The zero-order valence-corrected chi connectivity index (χ0v) is 10.5. The van der Waals surface area contributed by atoms with Crippen molar-refractivity contribution in [3.8, 4) is 0 Å². The molecule has 2 rings (SSSR count). The summed E-state index contributed by atoms with van der Waals surface area (Å²) in [4.78, 5) is 7.21. The van der Waals surface area contributed by atoms with Gasteiger partial charge in [0, 0.05) is 5.38 Å². The number of nitrogens with zero attached hydrogens (tertiary/aromatic N) is 2. The molecule has 2 heterocycles. The first-order chi connectivity index (χ1) is 7.25. The first-order valence-electron chi connectivity index (χ1n) is 5.92. The van der Waals surface area contributed by atoms with Gasteiger partial charge in [0.05, 0.1) is 12.2 Å². The Bertz CT molecular complexity index is 300. The summed E-state index contributed by atoms with van der Waals surface area (Å²) in [7, 11) is 0. The Morgan fingerprint density at radius 1 is 1.33 bits per heavy atom. The second-order valence-corrected chi connectivity index (χ2v) is 5.60. The van der Waals surface area contributed by atoms with Gasteiger partial charge in [-0.25, -0.2) is 4.98 Å². The van der Waals surface area contributed by atoms with E-state index in [0.717, 1.165) is 6.54 Å². The fraction of sp³-hybridized carbons (Fsp3) is 0.750. The maximum absolute atomic E-state index is 4.68. The highest BCUT2D eigenvalue weighted by atomic mass is 32.1. The van der Waals surface area contributed by atoms with E-state index >= 15 is 0 Å². The summed E-state index contributed by atoms with van der Waals surface area (Å²) in [5, 5.41) is 3.50. The zero-order valence-electron chi connectivity index (χ0n) is 9.70. The number of thiazole rings is 1. The molecule has 1 fully saturated rings. The molecule has 0 spiro atoms. The zero-order chi connectivity index (χ0) is 10.7. The van der Waals surface area contributed by atoms with Crippen molar-refractivity contribution < 1.29 is 0 Å². The SMILES string of the molecule is CC(C)c1csc(CN2CCCCC2)n1. The van der Waals surface area contributed by atoms with E-state index in [2.05, 4.69) is 29.1 Å². The molecule has 1 aliphatic rings. The molecule has 0 saturated carbocycles. The highest BCUT2D eigenvalue weighted by molar-refractivity contribution is 7.09. The second kappa shape index (κ2) is 5.08. The number of piperidine rings is 1. The molecule has 15 heavy (non-hydrogen) atoms. The molecule has 1 aromatic heterocycles. The van der Waals surface area contributed by atoms with Crippen LogP contribution in [0.15, 0.2) is 5.38 Å². The first kappa shape index (κ1) is 11.1. The molecule has 0 bridgehead atoms. The van der Waals surface area contributed by atoms with Crippen LogP contribution in [-0.4, -0.2) is 23.0 Å². The third kappa shape index (κ3) is 3.02. The average Bonchev–Trinajstić information content (AvgIpc) is 2.68. The summed E-state index contributed by atoms with van der Waals surface area (Å²) >= 11 is 1.82. The largest absolute Gasteiger partial charge is 0.297 e. The van der Waals surface area contributed by atoms with Gasteiger partial charge in [0.25, 0.3) is 0 Å². The molecule has 2 nitrogen and oxygen atoms in total. The molecule has 0 aromatic carbocycles. The van der Waals surface area contributed by atoms with Crippen LogP contribution >= 0.6 is 11.3 Å². The number of rotatable bonds is 3. The maximum Gasteiger partial charge on any atom is 0.107 e. The summed E-state index contributed by atoms with van der Waals surface area (Å²) in [6.07, 6.45) is 4.14. The topological polar surface area (TPSA) is 16.1 Å². The third-order valence-corrected chi connectivity index (χ3v) is 3.82. The molecule has 0 aliphatic carbocycles. The highest BCUT2D eigenvalue weighted by Gasteiger charge is 2.13. The van der Waals surface area contributed by atoms with Gasteiger partial charge in [-0.1, -0.05) is 20.3 Å². The molecule has 0 amide bonds. The van der Waals surface area contributed by atoms with E-state index in [1.165, 1.54) is 43.1 Å². The van der Waals surface area contributed by atoms with Gasteiger partial charge < -0.3 is 0 Å². The van der Waals surface area contributed by atoms with Crippen LogP contribution in [0.2, 0.25) is 0 Å². The molecule has 1 saturated heterocycles. The Morgan fingerprint density at radius 2 is 2.07 bits per heavy atom. The number of likely N-dealkylation sites (tertiary alicyclic amines) is 1. The Labute approximate surface area is 96.3 Å². The summed E-state index contributed by atoms with van der Waals surface area (Å²) < 4.78 is 0. The highest BCUT2D eigenvalue weighted by Crippen LogP contribution is 2.20. The van der Waals surface area contributed by atoms with Crippen LogP contribution in [0.25, 0.3) is 0 Å². The predicted octanol–water partition coefficient (Wildman–Crippen LogP) is 3.25. The van der Waals surface area contributed by atoms with Gasteiger partial charge >= 0.3 is 0 Å². The molecule has 1 aliphatic heterocycles. The molecule has 1 aromatic rings. The van der Waals surface area contributed by atoms with E-state index in [0.29, 0.717) is 5.92 Å². The van der Waals surface area contributed by atoms with Crippen LogP contribution in [0.4, 0.5) is 0 Å². The van der Waals surface area contributed by atoms with E-state index in [9.17, 15) is 0 Å². The lowest BCUT2D eigenvalue weighted by Gasteiger charge is -2.25. The smallest absolute Gasteiger partial charge is 0.107 e. The Morgan fingerprint density at radius 3 is 2.67 bits per heavy atom. The van der Waals surface area contributed by atoms with E-state index in [1.54, 1.807) is 0 Å². The Hall–Kier alpha value is -0.410. The van der Waals surface area contributed by atoms with Crippen molar-refractivity contribution in [3.05, 3.63) is 16.1 Å². The van der Waals surface area contributed by atoms with Crippen molar-refractivity contribution in [2.75, 3.05) is 13.1 Å². The van der Waals surface area contributed by atoms with E-state index < -0.39 is 0 Å². The molecule has 0 N–H and O–H groups in total. The molecule has 84 valence electrons. The maximum atomic E-state index is 4.68. The van der Waals surface area contributed by atoms with Gasteiger partial charge in [0.2, 0.25) is 0 Å². The van der Waals surface area contributed by atoms with Gasteiger partial charge in [-0.3, -0.25) is 4.90 Å². The summed E-state index contributed by atoms with van der Waals surface area (Å²) in [6, 6.07) is 0. The summed E-state index contributed by atoms with van der Waals surface area (Å²) in [6.45, 7) is 8.00. The lowest BCUT2D eigenvalue weighted by Crippen LogP contribution is -2.29. The first-order valence-corrected chi connectivity index (χ1v) is 6.80. The van der Waals surface area contributed by atoms with Gasteiger partial charge in [-0.2, -0.15) is 0 Å². The Kier molecular flexibility index (Phi) is 3.76. The minimum Gasteiger partial charge on any atom is -0.297 e. The quantitative estimate of drug-likeness (QED) is 0.783. The van der Waals surface area contributed by atoms with Crippen LogP contribution in [0, 0.1) is 0 Å². The Balaban J connectivity index is 1.91. The minimum absolute atomic E-state index is 0.566. The van der Waals surface area contributed by atoms with Crippen LogP contribution in [0.3, 0.4) is 0 Å². The number of aromatic nitrogens is 1. The van der Waals surface area contributed by atoms with Crippen LogP contribution < -0.4 is 0 Å². The van der Waals surface area contributed by atoms with Crippen molar-refractivity contribution in [2.24, 2.45) is 0 Å². The molecule has 0 radical (unpaired) electrons. The predicted molar refractivity (Wildman–Crippen MR) is 65.3 cm³/mol. The van der Waals surface area contributed by atoms with Gasteiger partial charge in [-0.05, 0) is 31.8 Å². The fourth-order valence-electron chi connectivity index (χ4n) is 1.97. The molecule has 0 atom stereocenters. The van der Waals surface area contributed by atoms with E-state index in [-0.39, 0.29) is 0 Å². The second-order valence-electron chi connectivity index (χ2n) is 4.66. The van der Waals surface area contributed by atoms with Crippen LogP contribution in [0.1, 0.15) is 49.7 Å². The third-order valence-electron chi connectivity index (χ3n) is 2.97. The van der Waals surface area contributed by atoms with Crippen molar-refractivity contribution in [2.45, 2.75) is 45.6 Å². The minimum atomic E-state index is 0.566. The monoisotopic (exact) mass is 224 g/mol. The van der Waals surface area contributed by atoms with Crippen molar-refractivity contribution in [1.29, 1.82) is 0 Å². The molecule has 0 unspecified atom stereocenters. The average molecular weight is 224 g/mol. The molecular formula is C12H20N2S. The van der Waals surface area contributed by atoms with Crippen molar-refractivity contribution in [3.63, 3.8) is 0 Å². The van der Waals surface area contributed by atoms with Crippen molar-refractivity contribution in [1.82, 2.24) is 9.88 Å². The lowest BCUT2D eigenvalue weighted by atomic mass is 10.1. The molecule has 3 heteroatoms. The summed E-state index contributed by atoms with van der Waals surface area (Å²) in [5.74, 6) is 0.566. The van der Waals surface area contributed by atoms with E-state index in [4.69, 9.17) is 0 Å². The van der Waals surface area contributed by atoms with Gasteiger partial charge in [0.1, 0.15) is 5.01 Å². The van der Waals surface area contributed by atoms with Crippen LogP contribution in [0.5, 0.6) is 0 Å². The van der Waals surface area contributed by atoms with E-state index in [1.807, 2.05) is 11.3 Å². The molecular weight excluding hydrogens is 204 g/mol. The standard InChI is InChI=1S/C12H20N2S/c1-10(2)11-9-15-12(13-11)8-14-6-4-3-5-7-14/h9-10H,3-8H2,1-2H3.